The Kier molecular flexibility index (Phi) is 6.66. The first kappa shape index (κ1) is 22.8. The Morgan fingerprint density at radius 3 is 2.77 bits per heavy atom. The Labute approximate surface area is 187 Å². The first-order valence-corrected chi connectivity index (χ1v) is 10.1. The van der Waals surface area contributed by atoms with E-state index in [1.54, 1.807) is 29.2 Å². The van der Waals surface area contributed by atoms with Crippen LogP contribution in [0.25, 0.3) is 10.9 Å². The van der Waals surface area contributed by atoms with Gasteiger partial charge in [-0.05, 0) is 26.8 Å². The molecule has 0 spiro atoms. The van der Waals surface area contributed by atoms with Gasteiger partial charge in [-0.15, -0.1) is 12.4 Å². The molecule has 3 aromatic rings. The number of anilines is 2. The SMILES string of the molecule is CCOc1cc2nn(C)cc2cc1C(=O)Nc1cnc(N2CCNC(C)(C)C2)cn1.Cl. The van der Waals surface area contributed by atoms with Crippen molar-refractivity contribution in [2.45, 2.75) is 26.3 Å². The summed E-state index contributed by atoms with van der Waals surface area (Å²) in [6.07, 6.45) is 5.15. The quantitative estimate of drug-likeness (QED) is 0.623. The molecule has 0 unspecified atom stereocenters. The van der Waals surface area contributed by atoms with Crippen LogP contribution in [0.1, 0.15) is 31.1 Å². The summed E-state index contributed by atoms with van der Waals surface area (Å²) in [6.45, 7) is 9.26. The highest BCUT2D eigenvalue weighted by molar-refractivity contribution is 6.08. The van der Waals surface area contributed by atoms with E-state index in [1.807, 2.05) is 20.2 Å². The van der Waals surface area contributed by atoms with Crippen molar-refractivity contribution < 1.29 is 9.53 Å². The summed E-state index contributed by atoms with van der Waals surface area (Å²) in [6, 6.07) is 3.57. The van der Waals surface area contributed by atoms with Gasteiger partial charge in [0.2, 0.25) is 0 Å². The minimum Gasteiger partial charge on any atom is -0.493 e. The molecule has 1 fully saturated rings. The second-order valence-corrected chi connectivity index (χ2v) is 8.09. The zero-order valence-corrected chi connectivity index (χ0v) is 19.0. The third-order valence-corrected chi connectivity index (χ3v) is 5.04. The van der Waals surface area contributed by atoms with E-state index in [0.717, 1.165) is 36.4 Å². The summed E-state index contributed by atoms with van der Waals surface area (Å²) in [7, 11) is 1.84. The number of nitrogens with zero attached hydrogens (tertiary/aromatic N) is 5. The van der Waals surface area contributed by atoms with Gasteiger partial charge in [0.05, 0.1) is 30.1 Å². The lowest BCUT2D eigenvalue weighted by Gasteiger charge is -2.39. The average molecular weight is 446 g/mol. The molecule has 0 aliphatic carbocycles. The number of rotatable bonds is 5. The number of halogens is 1. The average Bonchev–Trinajstić information content (AvgIpc) is 3.06. The topological polar surface area (TPSA) is 97.2 Å². The van der Waals surface area contributed by atoms with Gasteiger partial charge in [0.25, 0.3) is 5.91 Å². The van der Waals surface area contributed by atoms with Gasteiger partial charge in [-0.3, -0.25) is 9.48 Å². The molecule has 0 radical (unpaired) electrons. The fraction of sp³-hybridized carbons (Fsp3) is 0.429. The predicted molar refractivity (Wildman–Crippen MR) is 123 cm³/mol. The molecule has 31 heavy (non-hydrogen) atoms. The smallest absolute Gasteiger partial charge is 0.260 e. The zero-order chi connectivity index (χ0) is 21.3. The summed E-state index contributed by atoms with van der Waals surface area (Å²) in [5.74, 6) is 1.39. The fourth-order valence-corrected chi connectivity index (χ4v) is 3.70. The summed E-state index contributed by atoms with van der Waals surface area (Å²) in [5.41, 5.74) is 1.24. The van der Waals surface area contributed by atoms with Crippen molar-refractivity contribution in [3.63, 3.8) is 0 Å². The fourth-order valence-electron chi connectivity index (χ4n) is 3.70. The van der Waals surface area contributed by atoms with Gasteiger partial charge in [-0.25, -0.2) is 9.97 Å². The monoisotopic (exact) mass is 445 g/mol. The number of ether oxygens (including phenoxy) is 1. The standard InChI is InChI=1S/C21H27N7O2.ClH/c1-5-30-17-9-16-14(12-27(4)26-16)8-15(17)20(29)25-18-10-23-19(11-22-18)28-7-6-24-21(2,3)13-28;/h8-12,24H,5-7,13H2,1-4H3,(H,22,25,29);1H. The van der Waals surface area contributed by atoms with Gasteiger partial charge in [0.15, 0.2) is 5.82 Å². The number of hydrogen-bond acceptors (Lipinski definition) is 7. The van der Waals surface area contributed by atoms with Crippen LogP contribution in [0.2, 0.25) is 0 Å². The van der Waals surface area contributed by atoms with Crippen molar-refractivity contribution in [3.05, 3.63) is 36.3 Å². The van der Waals surface area contributed by atoms with Gasteiger partial charge in [0, 0.05) is 49.9 Å². The molecule has 1 amide bonds. The largest absolute Gasteiger partial charge is 0.493 e. The number of fused-ring (bicyclic) bond motifs is 1. The molecule has 3 heterocycles. The second-order valence-electron chi connectivity index (χ2n) is 8.09. The molecule has 1 aliphatic rings. The normalized spacial score (nSPS) is 15.4. The van der Waals surface area contributed by atoms with Crippen LogP contribution < -0.4 is 20.3 Å². The van der Waals surface area contributed by atoms with Crippen LogP contribution in [0.3, 0.4) is 0 Å². The molecular weight excluding hydrogens is 418 g/mol. The molecule has 9 nitrogen and oxygen atoms in total. The van der Waals surface area contributed by atoms with Gasteiger partial charge in [-0.1, -0.05) is 0 Å². The first-order valence-electron chi connectivity index (χ1n) is 10.1. The van der Waals surface area contributed by atoms with Gasteiger partial charge in [-0.2, -0.15) is 5.10 Å². The van der Waals surface area contributed by atoms with Crippen molar-refractivity contribution in [2.24, 2.45) is 7.05 Å². The maximum absolute atomic E-state index is 12.9. The highest BCUT2D eigenvalue weighted by Crippen LogP contribution is 2.26. The number of piperazine rings is 1. The van der Waals surface area contributed by atoms with E-state index in [0.29, 0.717) is 23.7 Å². The molecular formula is C21H28ClN7O2. The minimum absolute atomic E-state index is 0. The molecule has 1 saturated heterocycles. The van der Waals surface area contributed by atoms with Crippen molar-refractivity contribution >= 4 is 40.9 Å². The zero-order valence-electron chi connectivity index (χ0n) is 18.2. The van der Waals surface area contributed by atoms with Crippen molar-refractivity contribution in [1.82, 2.24) is 25.1 Å². The number of hydrogen-bond donors (Lipinski definition) is 2. The number of carbonyl (C=O) groups excluding carboxylic acids is 1. The lowest BCUT2D eigenvalue weighted by molar-refractivity contribution is 0.102. The highest BCUT2D eigenvalue weighted by atomic mass is 35.5. The molecule has 1 aliphatic heterocycles. The molecule has 2 N–H and O–H groups in total. The third-order valence-electron chi connectivity index (χ3n) is 5.04. The molecule has 166 valence electrons. The van der Waals surface area contributed by atoms with E-state index < -0.39 is 0 Å². The van der Waals surface area contributed by atoms with Crippen molar-refractivity contribution in [1.29, 1.82) is 0 Å². The van der Waals surface area contributed by atoms with E-state index in [4.69, 9.17) is 4.74 Å². The Bertz CT molecular complexity index is 1070. The van der Waals surface area contributed by atoms with E-state index in [2.05, 4.69) is 44.4 Å². The lowest BCUT2D eigenvalue weighted by Crippen LogP contribution is -2.57. The van der Waals surface area contributed by atoms with Gasteiger partial charge in [0.1, 0.15) is 11.6 Å². The van der Waals surface area contributed by atoms with Crippen LogP contribution in [-0.4, -0.2) is 57.4 Å². The predicted octanol–water partition coefficient (Wildman–Crippen LogP) is 2.62. The number of benzene rings is 1. The van der Waals surface area contributed by atoms with E-state index >= 15 is 0 Å². The first-order chi connectivity index (χ1) is 14.3. The number of amides is 1. The van der Waals surface area contributed by atoms with Crippen LogP contribution in [0, 0.1) is 0 Å². The summed E-state index contributed by atoms with van der Waals surface area (Å²) >= 11 is 0. The Balaban J connectivity index is 0.00000272. The van der Waals surface area contributed by atoms with Crippen LogP contribution >= 0.6 is 12.4 Å². The van der Waals surface area contributed by atoms with Crippen LogP contribution in [0.15, 0.2) is 30.7 Å². The molecule has 4 rings (SSSR count). The number of carbonyl (C=O) groups is 1. The number of nitrogens with one attached hydrogen (secondary N) is 2. The van der Waals surface area contributed by atoms with Gasteiger partial charge < -0.3 is 20.3 Å². The lowest BCUT2D eigenvalue weighted by atomic mass is 10.0. The molecule has 0 bridgehead atoms. The molecule has 0 atom stereocenters. The second kappa shape index (κ2) is 9.07. The van der Waals surface area contributed by atoms with Crippen molar-refractivity contribution in [3.8, 4) is 5.75 Å². The Morgan fingerprint density at radius 2 is 2.10 bits per heavy atom. The van der Waals surface area contributed by atoms with Crippen LogP contribution in [0.5, 0.6) is 5.75 Å². The third kappa shape index (κ3) is 5.05. The maximum atomic E-state index is 12.9. The van der Waals surface area contributed by atoms with E-state index in [-0.39, 0.29) is 23.9 Å². The summed E-state index contributed by atoms with van der Waals surface area (Å²) in [4.78, 5) is 24.0. The highest BCUT2D eigenvalue weighted by Gasteiger charge is 2.26. The summed E-state index contributed by atoms with van der Waals surface area (Å²) in [5, 5.41) is 11.6. The molecule has 0 saturated carbocycles. The number of aryl methyl sites for hydroxylation is 1. The Morgan fingerprint density at radius 1 is 1.29 bits per heavy atom. The Hall–Kier alpha value is -2.91. The summed E-state index contributed by atoms with van der Waals surface area (Å²) < 4.78 is 7.38. The van der Waals surface area contributed by atoms with Crippen molar-refractivity contribution in [2.75, 3.05) is 36.5 Å². The number of aromatic nitrogens is 4. The van der Waals surface area contributed by atoms with E-state index in [9.17, 15) is 4.79 Å². The maximum Gasteiger partial charge on any atom is 0.260 e. The van der Waals surface area contributed by atoms with Crippen LogP contribution in [-0.2, 0) is 7.05 Å². The van der Waals surface area contributed by atoms with E-state index in [1.165, 1.54) is 0 Å². The van der Waals surface area contributed by atoms with Crippen LogP contribution in [0.4, 0.5) is 11.6 Å². The molecule has 2 aromatic heterocycles. The molecule has 10 heteroatoms. The van der Waals surface area contributed by atoms with Gasteiger partial charge >= 0.3 is 0 Å². The molecule has 1 aromatic carbocycles. The minimum atomic E-state index is -0.297.